The van der Waals surface area contributed by atoms with E-state index in [4.69, 9.17) is 14.2 Å². The van der Waals surface area contributed by atoms with Gasteiger partial charge >= 0.3 is 5.97 Å². The van der Waals surface area contributed by atoms with E-state index in [1.165, 1.54) is 12.8 Å². The Morgan fingerprint density at radius 2 is 1.70 bits per heavy atom. The fraction of sp³-hybridized carbons (Fsp3) is 0.947. The smallest absolute Gasteiger partial charge is 0.309 e. The molecule has 0 aromatic rings. The Bertz CT molecular complexity index is 376. The molecule has 134 valence electrons. The van der Waals surface area contributed by atoms with Crippen LogP contribution < -0.4 is 0 Å². The molecule has 0 aliphatic heterocycles. The standard InChI is InChI=1S/C19H34O4/c1-6-21-19(22-7-2)16-11-15(16)18(20)23-17-10-13(5)8-9-14(17)12(3)4/h12-17,19H,6-11H2,1-5H3. The summed E-state index contributed by atoms with van der Waals surface area (Å²) in [5.41, 5.74) is 0. The van der Waals surface area contributed by atoms with Crippen LogP contribution in [0.1, 0.15) is 60.3 Å². The zero-order chi connectivity index (χ0) is 17.0. The maximum absolute atomic E-state index is 12.5. The molecule has 4 heteroatoms. The van der Waals surface area contributed by atoms with Gasteiger partial charge in [-0.15, -0.1) is 0 Å². The van der Waals surface area contributed by atoms with E-state index in [0.29, 0.717) is 31.0 Å². The molecule has 23 heavy (non-hydrogen) atoms. The number of rotatable bonds is 8. The first-order valence-electron chi connectivity index (χ1n) is 9.41. The highest BCUT2D eigenvalue weighted by molar-refractivity contribution is 5.76. The van der Waals surface area contributed by atoms with Crippen LogP contribution in [0.2, 0.25) is 0 Å². The lowest BCUT2D eigenvalue weighted by Gasteiger charge is -2.36. The predicted octanol–water partition coefficient (Wildman–Crippen LogP) is 4.03. The minimum Gasteiger partial charge on any atom is -0.462 e. The van der Waals surface area contributed by atoms with Gasteiger partial charge in [0.05, 0.1) is 5.92 Å². The molecule has 5 atom stereocenters. The van der Waals surface area contributed by atoms with E-state index >= 15 is 0 Å². The van der Waals surface area contributed by atoms with Crippen LogP contribution in [0.15, 0.2) is 0 Å². The van der Waals surface area contributed by atoms with Gasteiger partial charge in [-0.3, -0.25) is 4.79 Å². The van der Waals surface area contributed by atoms with Crippen molar-refractivity contribution in [1.82, 2.24) is 0 Å². The Morgan fingerprint density at radius 3 is 2.26 bits per heavy atom. The van der Waals surface area contributed by atoms with Crippen molar-refractivity contribution in [2.24, 2.45) is 29.6 Å². The maximum Gasteiger partial charge on any atom is 0.309 e. The molecule has 2 aliphatic rings. The van der Waals surface area contributed by atoms with E-state index in [0.717, 1.165) is 12.8 Å². The summed E-state index contributed by atoms with van der Waals surface area (Å²) in [6.07, 6.45) is 4.09. The Kier molecular flexibility index (Phi) is 6.90. The summed E-state index contributed by atoms with van der Waals surface area (Å²) in [7, 11) is 0. The van der Waals surface area contributed by atoms with E-state index in [9.17, 15) is 4.79 Å². The van der Waals surface area contributed by atoms with Gasteiger partial charge in [-0.2, -0.15) is 0 Å². The molecule has 0 aromatic carbocycles. The molecule has 4 nitrogen and oxygen atoms in total. The first-order valence-corrected chi connectivity index (χ1v) is 9.41. The number of hydrogen-bond acceptors (Lipinski definition) is 4. The lowest BCUT2D eigenvalue weighted by molar-refractivity contribution is -0.167. The molecule has 0 heterocycles. The monoisotopic (exact) mass is 326 g/mol. The zero-order valence-corrected chi connectivity index (χ0v) is 15.4. The number of hydrogen-bond donors (Lipinski definition) is 0. The number of ether oxygens (including phenoxy) is 3. The van der Waals surface area contributed by atoms with E-state index < -0.39 is 0 Å². The molecule has 0 spiro atoms. The van der Waals surface area contributed by atoms with E-state index in [-0.39, 0.29) is 30.2 Å². The average molecular weight is 326 g/mol. The highest BCUT2D eigenvalue weighted by atomic mass is 16.7. The highest BCUT2D eigenvalue weighted by Gasteiger charge is 2.51. The summed E-state index contributed by atoms with van der Waals surface area (Å²) in [6.45, 7) is 11.9. The summed E-state index contributed by atoms with van der Waals surface area (Å²) in [4.78, 5) is 12.5. The second kappa shape index (κ2) is 8.48. The lowest BCUT2D eigenvalue weighted by atomic mass is 9.75. The van der Waals surface area contributed by atoms with Crippen molar-refractivity contribution in [2.45, 2.75) is 72.7 Å². The fourth-order valence-corrected chi connectivity index (χ4v) is 3.90. The Morgan fingerprint density at radius 1 is 1.04 bits per heavy atom. The third-order valence-electron chi connectivity index (χ3n) is 5.38. The minimum absolute atomic E-state index is 0.0378. The second-order valence-corrected chi connectivity index (χ2v) is 7.59. The van der Waals surface area contributed by atoms with Crippen molar-refractivity contribution in [2.75, 3.05) is 13.2 Å². The molecule has 0 aromatic heterocycles. The third-order valence-corrected chi connectivity index (χ3v) is 5.38. The van der Waals surface area contributed by atoms with Crippen LogP contribution >= 0.6 is 0 Å². The van der Waals surface area contributed by atoms with E-state index in [1.54, 1.807) is 0 Å². The average Bonchev–Trinajstić information content (AvgIpc) is 3.27. The van der Waals surface area contributed by atoms with E-state index in [2.05, 4.69) is 20.8 Å². The number of carbonyl (C=O) groups excluding carboxylic acids is 1. The zero-order valence-electron chi connectivity index (χ0n) is 15.4. The number of carbonyl (C=O) groups is 1. The molecule has 2 fully saturated rings. The van der Waals surface area contributed by atoms with Gasteiger partial charge in [-0.25, -0.2) is 0 Å². The molecule has 2 aliphatic carbocycles. The van der Waals surface area contributed by atoms with Crippen LogP contribution in [0.4, 0.5) is 0 Å². The molecular weight excluding hydrogens is 292 g/mol. The van der Waals surface area contributed by atoms with Crippen LogP contribution in [0.3, 0.4) is 0 Å². The second-order valence-electron chi connectivity index (χ2n) is 7.59. The SMILES string of the molecule is CCOC(OCC)C1CC1C(=O)OC1CC(C)CCC1C(C)C. The van der Waals surface area contributed by atoms with Crippen LogP contribution in [-0.4, -0.2) is 31.6 Å². The summed E-state index contributed by atoms with van der Waals surface area (Å²) in [5.74, 6) is 1.81. The van der Waals surface area contributed by atoms with Crippen molar-refractivity contribution in [3.05, 3.63) is 0 Å². The molecule has 0 amide bonds. The van der Waals surface area contributed by atoms with Crippen molar-refractivity contribution in [1.29, 1.82) is 0 Å². The first-order chi connectivity index (χ1) is 11.0. The number of esters is 1. The summed E-state index contributed by atoms with van der Waals surface area (Å²) < 4.78 is 17.2. The van der Waals surface area contributed by atoms with Gasteiger partial charge in [-0.05, 0) is 50.9 Å². The molecular formula is C19H34O4. The molecule has 0 N–H and O–H groups in total. The molecule has 2 rings (SSSR count). The topological polar surface area (TPSA) is 44.8 Å². The van der Waals surface area contributed by atoms with Crippen LogP contribution in [0.25, 0.3) is 0 Å². The van der Waals surface area contributed by atoms with Crippen molar-refractivity contribution in [3.8, 4) is 0 Å². The van der Waals surface area contributed by atoms with Gasteiger partial charge in [0.15, 0.2) is 6.29 Å². The quantitative estimate of drug-likeness (QED) is 0.499. The molecule has 0 saturated heterocycles. The molecule has 2 saturated carbocycles. The van der Waals surface area contributed by atoms with Gasteiger partial charge in [0.25, 0.3) is 0 Å². The lowest BCUT2D eigenvalue weighted by Crippen LogP contribution is -2.36. The minimum atomic E-state index is -0.256. The molecule has 0 radical (unpaired) electrons. The van der Waals surface area contributed by atoms with Crippen molar-refractivity contribution >= 4 is 5.97 Å². The first kappa shape index (κ1) is 18.7. The largest absolute Gasteiger partial charge is 0.462 e. The Labute approximate surface area is 141 Å². The maximum atomic E-state index is 12.5. The molecule has 5 unspecified atom stereocenters. The predicted molar refractivity (Wildman–Crippen MR) is 89.9 cm³/mol. The van der Waals surface area contributed by atoms with Crippen molar-refractivity contribution in [3.63, 3.8) is 0 Å². The van der Waals surface area contributed by atoms with Crippen molar-refractivity contribution < 1.29 is 19.0 Å². The summed E-state index contributed by atoms with van der Waals surface area (Å²) >= 11 is 0. The van der Waals surface area contributed by atoms with Gasteiger partial charge in [0.2, 0.25) is 0 Å². The summed E-state index contributed by atoms with van der Waals surface area (Å²) in [6, 6.07) is 0. The van der Waals surface area contributed by atoms with Crippen LogP contribution in [-0.2, 0) is 19.0 Å². The van der Waals surface area contributed by atoms with E-state index in [1.807, 2.05) is 13.8 Å². The fourth-order valence-electron chi connectivity index (χ4n) is 3.90. The summed E-state index contributed by atoms with van der Waals surface area (Å²) in [5, 5.41) is 0. The normalized spacial score (nSPS) is 34.0. The Hall–Kier alpha value is -0.610. The van der Waals surface area contributed by atoms with Gasteiger partial charge in [0, 0.05) is 19.1 Å². The van der Waals surface area contributed by atoms with Crippen LogP contribution in [0.5, 0.6) is 0 Å². The van der Waals surface area contributed by atoms with Gasteiger partial charge < -0.3 is 14.2 Å². The molecule has 0 bridgehead atoms. The Balaban J connectivity index is 1.88. The highest BCUT2D eigenvalue weighted by Crippen LogP contribution is 2.45. The van der Waals surface area contributed by atoms with Gasteiger partial charge in [-0.1, -0.05) is 27.2 Å². The van der Waals surface area contributed by atoms with Crippen LogP contribution in [0, 0.1) is 29.6 Å². The third kappa shape index (κ3) is 4.93. The van der Waals surface area contributed by atoms with Gasteiger partial charge in [0.1, 0.15) is 6.10 Å².